The van der Waals surface area contributed by atoms with Gasteiger partial charge in [0.2, 0.25) is 11.8 Å². The molecule has 0 atom stereocenters. The highest BCUT2D eigenvalue weighted by Crippen LogP contribution is 2.16. The van der Waals surface area contributed by atoms with Crippen LogP contribution in [-0.4, -0.2) is 54.8 Å². The molecular weight excluding hydrogens is 302 g/mol. The number of likely N-dealkylation sites (N-methyl/N-ethyl adjacent to an activating group) is 1. The Hall–Kier alpha value is -1.88. The lowest BCUT2D eigenvalue weighted by Gasteiger charge is -2.30. The number of nitrogens with zero attached hydrogens (tertiary/aromatic N) is 2. The molecule has 1 aliphatic rings. The van der Waals surface area contributed by atoms with Crippen molar-refractivity contribution in [3.8, 4) is 0 Å². The molecular formula is C19H29N3O2. The Balaban J connectivity index is 1.81. The van der Waals surface area contributed by atoms with Gasteiger partial charge in [-0.2, -0.15) is 0 Å². The van der Waals surface area contributed by atoms with Gasteiger partial charge >= 0.3 is 0 Å². The van der Waals surface area contributed by atoms with Crippen LogP contribution in [-0.2, 0) is 16.0 Å². The van der Waals surface area contributed by atoms with Gasteiger partial charge < -0.3 is 10.2 Å². The Bertz CT molecular complexity index is 565. The average Bonchev–Trinajstić information content (AvgIpc) is 2.57. The molecule has 1 aromatic carbocycles. The molecule has 0 saturated carbocycles. The first-order valence-electron chi connectivity index (χ1n) is 8.83. The van der Waals surface area contributed by atoms with Gasteiger partial charge in [-0.05, 0) is 49.9 Å². The molecule has 1 saturated heterocycles. The lowest BCUT2D eigenvalue weighted by molar-refractivity contribution is -0.134. The second kappa shape index (κ2) is 8.83. The number of carbonyl (C=O) groups is 2. The standard InChI is InChI=1S/C19H29N3O2/c1-4-16-7-5-6-8-17(16)20-18(23)13-21(3)19(24)14-22-11-9-15(2)10-12-22/h5-8,15H,4,9-14H2,1-3H3,(H,20,23). The van der Waals surface area contributed by atoms with E-state index in [2.05, 4.69) is 24.1 Å². The first kappa shape index (κ1) is 18.5. The van der Waals surface area contributed by atoms with E-state index < -0.39 is 0 Å². The van der Waals surface area contributed by atoms with Crippen LogP contribution in [0.1, 0.15) is 32.3 Å². The van der Waals surface area contributed by atoms with E-state index in [4.69, 9.17) is 0 Å². The number of likely N-dealkylation sites (tertiary alicyclic amines) is 1. The fourth-order valence-electron chi connectivity index (χ4n) is 2.98. The van der Waals surface area contributed by atoms with Crippen LogP contribution >= 0.6 is 0 Å². The number of rotatable bonds is 6. The lowest BCUT2D eigenvalue weighted by atomic mass is 9.99. The molecule has 1 aliphatic heterocycles. The Morgan fingerprint density at radius 2 is 1.92 bits per heavy atom. The summed E-state index contributed by atoms with van der Waals surface area (Å²) in [6.07, 6.45) is 3.15. The molecule has 1 heterocycles. The molecule has 0 radical (unpaired) electrons. The van der Waals surface area contributed by atoms with Crippen molar-refractivity contribution >= 4 is 17.5 Å². The third-order valence-corrected chi connectivity index (χ3v) is 4.71. The van der Waals surface area contributed by atoms with E-state index in [1.165, 1.54) is 4.90 Å². The molecule has 24 heavy (non-hydrogen) atoms. The van der Waals surface area contributed by atoms with Crippen LogP contribution in [0.25, 0.3) is 0 Å². The van der Waals surface area contributed by atoms with Crippen LogP contribution in [0.4, 0.5) is 5.69 Å². The predicted octanol–water partition coefficient (Wildman–Crippen LogP) is 2.38. The zero-order chi connectivity index (χ0) is 17.5. The Labute approximate surface area is 145 Å². The van der Waals surface area contributed by atoms with Crippen LogP contribution in [0.3, 0.4) is 0 Å². The van der Waals surface area contributed by atoms with Gasteiger partial charge in [0.15, 0.2) is 0 Å². The first-order valence-corrected chi connectivity index (χ1v) is 8.83. The topological polar surface area (TPSA) is 52.7 Å². The summed E-state index contributed by atoms with van der Waals surface area (Å²) in [5.41, 5.74) is 1.93. The molecule has 1 N–H and O–H groups in total. The zero-order valence-corrected chi connectivity index (χ0v) is 15.0. The maximum Gasteiger partial charge on any atom is 0.243 e. The maximum absolute atomic E-state index is 12.3. The van der Waals surface area contributed by atoms with E-state index in [1.54, 1.807) is 7.05 Å². The second-order valence-corrected chi connectivity index (χ2v) is 6.77. The Morgan fingerprint density at radius 1 is 1.25 bits per heavy atom. The minimum atomic E-state index is -0.154. The zero-order valence-electron chi connectivity index (χ0n) is 15.0. The quantitative estimate of drug-likeness (QED) is 0.871. The number of anilines is 1. The molecule has 0 aliphatic carbocycles. The van der Waals surface area contributed by atoms with Crippen LogP contribution < -0.4 is 5.32 Å². The molecule has 2 amide bonds. The summed E-state index contributed by atoms with van der Waals surface area (Å²) in [5.74, 6) is 0.598. The first-order chi connectivity index (χ1) is 11.5. The number of hydrogen-bond acceptors (Lipinski definition) is 3. The van der Waals surface area contributed by atoms with E-state index in [9.17, 15) is 9.59 Å². The highest BCUT2D eigenvalue weighted by atomic mass is 16.2. The number of nitrogens with one attached hydrogen (secondary N) is 1. The second-order valence-electron chi connectivity index (χ2n) is 6.77. The van der Waals surface area contributed by atoms with Gasteiger partial charge in [-0.25, -0.2) is 0 Å². The number of benzene rings is 1. The van der Waals surface area contributed by atoms with Crippen molar-refractivity contribution in [2.24, 2.45) is 5.92 Å². The number of piperidine rings is 1. The molecule has 5 nitrogen and oxygen atoms in total. The highest BCUT2D eigenvalue weighted by Gasteiger charge is 2.20. The monoisotopic (exact) mass is 331 g/mol. The fraction of sp³-hybridized carbons (Fsp3) is 0.579. The number of para-hydroxylation sites is 1. The van der Waals surface area contributed by atoms with Gasteiger partial charge in [0, 0.05) is 12.7 Å². The number of aryl methyl sites for hydroxylation is 1. The molecule has 132 valence electrons. The van der Waals surface area contributed by atoms with E-state index >= 15 is 0 Å². The highest BCUT2D eigenvalue weighted by molar-refractivity contribution is 5.95. The van der Waals surface area contributed by atoms with Gasteiger partial charge in [-0.15, -0.1) is 0 Å². The molecule has 1 aromatic rings. The summed E-state index contributed by atoms with van der Waals surface area (Å²) < 4.78 is 0. The Morgan fingerprint density at radius 3 is 2.58 bits per heavy atom. The van der Waals surface area contributed by atoms with Gasteiger partial charge in [-0.1, -0.05) is 32.0 Å². The average molecular weight is 331 g/mol. The van der Waals surface area contributed by atoms with Gasteiger partial charge in [0.1, 0.15) is 0 Å². The molecule has 0 bridgehead atoms. The van der Waals surface area contributed by atoms with Crippen molar-refractivity contribution in [1.82, 2.24) is 9.80 Å². The van der Waals surface area contributed by atoms with Crippen molar-refractivity contribution < 1.29 is 9.59 Å². The Kier molecular flexibility index (Phi) is 6.79. The van der Waals surface area contributed by atoms with Crippen molar-refractivity contribution in [2.45, 2.75) is 33.1 Å². The van der Waals surface area contributed by atoms with Gasteiger partial charge in [0.25, 0.3) is 0 Å². The van der Waals surface area contributed by atoms with Crippen LogP contribution in [0.15, 0.2) is 24.3 Å². The van der Waals surface area contributed by atoms with E-state index in [0.29, 0.717) is 6.54 Å². The summed E-state index contributed by atoms with van der Waals surface area (Å²) >= 11 is 0. The third-order valence-electron chi connectivity index (χ3n) is 4.71. The van der Waals surface area contributed by atoms with E-state index in [0.717, 1.165) is 49.5 Å². The molecule has 1 fully saturated rings. The summed E-state index contributed by atoms with van der Waals surface area (Å²) in [6, 6.07) is 7.76. The predicted molar refractivity (Wildman–Crippen MR) is 96.9 cm³/mol. The maximum atomic E-state index is 12.3. The fourth-order valence-corrected chi connectivity index (χ4v) is 2.98. The minimum absolute atomic E-state index is 0.00322. The number of amides is 2. The van der Waals surface area contributed by atoms with Crippen LogP contribution in [0.2, 0.25) is 0 Å². The summed E-state index contributed by atoms with van der Waals surface area (Å²) in [7, 11) is 1.69. The largest absolute Gasteiger partial charge is 0.335 e. The van der Waals surface area contributed by atoms with Crippen molar-refractivity contribution in [2.75, 3.05) is 38.5 Å². The lowest BCUT2D eigenvalue weighted by Crippen LogP contribution is -2.44. The summed E-state index contributed by atoms with van der Waals surface area (Å²) in [4.78, 5) is 28.2. The van der Waals surface area contributed by atoms with Crippen molar-refractivity contribution in [3.63, 3.8) is 0 Å². The number of carbonyl (C=O) groups excluding carboxylic acids is 2. The molecule has 0 aromatic heterocycles. The third kappa shape index (κ3) is 5.34. The summed E-state index contributed by atoms with van der Waals surface area (Å²) in [6.45, 7) is 6.74. The summed E-state index contributed by atoms with van der Waals surface area (Å²) in [5, 5.41) is 2.91. The molecule has 0 spiro atoms. The van der Waals surface area contributed by atoms with Crippen molar-refractivity contribution in [3.05, 3.63) is 29.8 Å². The van der Waals surface area contributed by atoms with Crippen LogP contribution in [0, 0.1) is 5.92 Å². The molecule has 2 rings (SSSR count). The van der Waals surface area contributed by atoms with Gasteiger partial charge in [-0.3, -0.25) is 14.5 Å². The SMILES string of the molecule is CCc1ccccc1NC(=O)CN(C)C(=O)CN1CCC(C)CC1. The van der Waals surface area contributed by atoms with Crippen LogP contribution in [0.5, 0.6) is 0 Å². The molecule has 5 heteroatoms. The van der Waals surface area contributed by atoms with E-state index in [-0.39, 0.29) is 18.4 Å². The van der Waals surface area contributed by atoms with Crippen molar-refractivity contribution in [1.29, 1.82) is 0 Å². The number of hydrogen-bond donors (Lipinski definition) is 1. The molecule has 0 unspecified atom stereocenters. The smallest absolute Gasteiger partial charge is 0.243 e. The van der Waals surface area contributed by atoms with E-state index in [1.807, 2.05) is 24.3 Å². The normalized spacial score (nSPS) is 16.0. The van der Waals surface area contributed by atoms with Gasteiger partial charge in [0.05, 0.1) is 13.1 Å². The minimum Gasteiger partial charge on any atom is -0.335 e.